The van der Waals surface area contributed by atoms with Crippen molar-refractivity contribution in [3.63, 3.8) is 0 Å². The van der Waals surface area contributed by atoms with Crippen LogP contribution in [-0.2, 0) is 6.54 Å². The van der Waals surface area contributed by atoms with Crippen molar-refractivity contribution in [3.05, 3.63) is 78.0 Å². The van der Waals surface area contributed by atoms with E-state index in [0.717, 1.165) is 36.2 Å². The number of aryl methyl sites for hydroxylation is 1. The highest BCUT2D eigenvalue weighted by atomic mass is 15.3. The first-order valence-corrected chi connectivity index (χ1v) is 8.60. The van der Waals surface area contributed by atoms with Gasteiger partial charge in [0.1, 0.15) is 5.82 Å². The van der Waals surface area contributed by atoms with Crippen molar-refractivity contribution in [2.24, 2.45) is 0 Å². The summed E-state index contributed by atoms with van der Waals surface area (Å²) in [7, 11) is 2.04. The summed E-state index contributed by atoms with van der Waals surface area (Å²) in [5.41, 5.74) is 3.33. The van der Waals surface area contributed by atoms with Gasteiger partial charge >= 0.3 is 0 Å². The van der Waals surface area contributed by atoms with Crippen molar-refractivity contribution in [1.29, 1.82) is 0 Å². The number of anilines is 3. The van der Waals surface area contributed by atoms with Crippen molar-refractivity contribution in [3.8, 4) is 0 Å². The number of benzene rings is 2. The van der Waals surface area contributed by atoms with Gasteiger partial charge in [-0.25, -0.2) is 4.98 Å². The van der Waals surface area contributed by atoms with Gasteiger partial charge in [0.05, 0.1) is 0 Å². The summed E-state index contributed by atoms with van der Waals surface area (Å²) in [5.74, 6) is 1.67. The summed E-state index contributed by atoms with van der Waals surface area (Å²) >= 11 is 0. The lowest BCUT2D eigenvalue weighted by Crippen LogP contribution is -2.25. The number of nitrogens with zero attached hydrogens (tertiary/aromatic N) is 4. The van der Waals surface area contributed by atoms with E-state index in [0.29, 0.717) is 0 Å². The Hall–Kier alpha value is -2.88. The van der Waals surface area contributed by atoms with Gasteiger partial charge < -0.3 is 9.80 Å². The highest BCUT2D eigenvalue weighted by Crippen LogP contribution is 2.24. The molecule has 0 amide bonds. The Kier molecular flexibility index (Phi) is 5.29. The molecule has 1 heterocycles. The maximum atomic E-state index is 4.82. The molecular weight excluding hydrogens is 308 g/mol. The molecule has 3 aromatic rings. The first-order valence-electron chi connectivity index (χ1n) is 8.60. The molecule has 0 unspecified atom stereocenters. The number of para-hydroxylation sites is 1. The molecule has 0 saturated heterocycles. The lowest BCUT2D eigenvalue weighted by Gasteiger charge is -2.24. The maximum absolute atomic E-state index is 4.82. The zero-order valence-electron chi connectivity index (χ0n) is 15.1. The molecule has 0 spiro atoms. The molecule has 128 valence electrons. The minimum absolute atomic E-state index is 0.768. The van der Waals surface area contributed by atoms with Gasteiger partial charge in [-0.05, 0) is 31.5 Å². The van der Waals surface area contributed by atoms with E-state index in [1.54, 1.807) is 0 Å². The fraction of sp³-hybridized carbons (Fsp3) is 0.238. The minimum atomic E-state index is 0.768. The van der Waals surface area contributed by atoms with Crippen LogP contribution in [0.4, 0.5) is 17.5 Å². The second-order valence-corrected chi connectivity index (χ2v) is 6.06. The highest BCUT2D eigenvalue weighted by molar-refractivity contribution is 5.60. The summed E-state index contributed by atoms with van der Waals surface area (Å²) < 4.78 is 0. The van der Waals surface area contributed by atoms with Crippen LogP contribution in [0.25, 0.3) is 0 Å². The fourth-order valence-electron chi connectivity index (χ4n) is 2.76. The molecule has 0 aliphatic heterocycles. The van der Waals surface area contributed by atoms with E-state index in [-0.39, 0.29) is 0 Å². The van der Waals surface area contributed by atoms with Crippen molar-refractivity contribution in [2.45, 2.75) is 20.4 Å². The van der Waals surface area contributed by atoms with Crippen LogP contribution in [0.15, 0.2) is 66.7 Å². The monoisotopic (exact) mass is 332 g/mol. The Labute approximate surface area is 149 Å². The average molecular weight is 332 g/mol. The molecule has 25 heavy (non-hydrogen) atoms. The molecule has 1 aromatic heterocycles. The SMILES string of the molecule is CCN(Cc1ccccc1)c1nc(C)cc(N(C)c2ccccc2)n1. The molecule has 0 radical (unpaired) electrons. The molecule has 0 aliphatic carbocycles. The first kappa shape index (κ1) is 17.0. The van der Waals surface area contributed by atoms with E-state index >= 15 is 0 Å². The number of hydrogen-bond donors (Lipinski definition) is 0. The molecule has 0 aliphatic rings. The van der Waals surface area contributed by atoms with E-state index in [4.69, 9.17) is 4.98 Å². The molecule has 0 N–H and O–H groups in total. The summed E-state index contributed by atoms with van der Waals surface area (Å²) in [4.78, 5) is 13.8. The van der Waals surface area contributed by atoms with Crippen molar-refractivity contribution >= 4 is 17.5 Å². The number of aromatic nitrogens is 2. The van der Waals surface area contributed by atoms with E-state index in [1.807, 2.05) is 44.3 Å². The second kappa shape index (κ2) is 7.79. The van der Waals surface area contributed by atoms with Crippen molar-refractivity contribution in [2.75, 3.05) is 23.4 Å². The van der Waals surface area contributed by atoms with E-state index in [9.17, 15) is 0 Å². The predicted octanol–water partition coefficient (Wildman–Crippen LogP) is 4.58. The van der Waals surface area contributed by atoms with Crippen LogP contribution in [0.2, 0.25) is 0 Å². The quantitative estimate of drug-likeness (QED) is 0.661. The van der Waals surface area contributed by atoms with E-state index in [2.05, 4.69) is 58.1 Å². The van der Waals surface area contributed by atoms with Crippen LogP contribution in [0.1, 0.15) is 18.2 Å². The van der Waals surface area contributed by atoms with Gasteiger partial charge in [0.2, 0.25) is 5.95 Å². The zero-order valence-corrected chi connectivity index (χ0v) is 15.1. The standard InChI is InChI=1S/C21H24N4/c1-4-25(16-18-11-7-5-8-12-18)21-22-17(2)15-20(23-21)24(3)19-13-9-6-10-14-19/h5-15H,4,16H2,1-3H3. The fourth-order valence-corrected chi connectivity index (χ4v) is 2.76. The third-order valence-corrected chi connectivity index (χ3v) is 4.20. The van der Waals surface area contributed by atoms with Crippen LogP contribution in [0.5, 0.6) is 0 Å². The summed E-state index contributed by atoms with van der Waals surface area (Å²) in [5, 5.41) is 0. The Morgan fingerprint density at radius 2 is 1.52 bits per heavy atom. The number of hydrogen-bond acceptors (Lipinski definition) is 4. The molecule has 0 fully saturated rings. The molecule has 0 atom stereocenters. The van der Waals surface area contributed by atoms with Crippen LogP contribution in [0.3, 0.4) is 0 Å². The Bertz CT molecular complexity index is 803. The predicted molar refractivity (Wildman–Crippen MR) is 104 cm³/mol. The topological polar surface area (TPSA) is 32.3 Å². The smallest absolute Gasteiger partial charge is 0.227 e. The third kappa shape index (κ3) is 4.15. The largest absolute Gasteiger partial charge is 0.337 e. The Balaban J connectivity index is 1.90. The highest BCUT2D eigenvalue weighted by Gasteiger charge is 2.13. The first-order chi connectivity index (χ1) is 12.2. The van der Waals surface area contributed by atoms with Crippen LogP contribution in [-0.4, -0.2) is 23.6 Å². The number of rotatable bonds is 6. The van der Waals surface area contributed by atoms with Crippen molar-refractivity contribution in [1.82, 2.24) is 9.97 Å². The summed E-state index contributed by atoms with van der Waals surface area (Å²) in [6, 6.07) is 22.7. The summed E-state index contributed by atoms with van der Waals surface area (Å²) in [6.45, 7) is 5.81. The second-order valence-electron chi connectivity index (χ2n) is 6.06. The molecular formula is C21H24N4. The lowest BCUT2D eigenvalue weighted by atomic mass is 10.2. The van der Waals surface area contributed by atoms with Crippen LogP contribution >= 0.6 is 0 Å². The van der Waals surface area contributed by atoms with Gasteiger partial charge in [0, 0.05) is 37.6 Å². The molecule has 3 rings (SSSR count). The average Bonchev–Trinajstić information content (AvgIpc) is 2.66. The van der Waals surface area contributed by atoms with Gasteiger partial charge in [0.15, 0.2) is 0 Å². The van der Waals surface area contributed by atoms with Crippen molar-refractivity contribution < 1.29 is 0 Å². The molecule has 0 bridgehead atoms. The maximum Gasteiger partial charge on any atom is 0.227 e. The molecule has 4 heteroatoms. The van der Waals surface area contributed by atoms with E-state index in [1.165, 1.54) is 5.56 Å². The van der Waals surface area contributed by atoms with Gasteiger partial charge in [-0.1, -0.05) is 48.5 Å². The van der Waals surface area contributed by atoms with Gasteiger partial charge in [-0.15, -0.1) is 0 Å². The van der Waals surface area contributed by atoms with Crippen LogP contribution in [0, 0.1) is 6.92 Å². The summed E-state index contributed by atoms with van der Waals surface area (Å²) in [6.07, 6.45) is 0. The van der Waals surface area contributed by atoms with Gasteiger partial charge in [0.25, 0.3) is 0 Å². The van der Waals surface area contributed by atoms with Gasteiger partial charge in [-0.2, -0.15) is 4.98 Å². The van der Waals surface area contributed by atoms with Crippen LogP contribution < -0.4 is 9.80 Å². The third-order valence-electron chi connectivity index (χ3n) is 4.20. The molecule has 4 nitrogen and oxygen atoms in total. The lowest BCUT2D eigenvalue weighted by molar-refractivity contribution is 0.786. The van der Waals surface area contributed by atoms with E-state index < -0.39 is 0 Å². The Morgan fingerprint density at radius 3 is 2.16 bits per heavy atom. The Morgan fingerprint density at radius 1 is 0.880 bits per heavy atom. The van der Waals surface area contributed by atoms with Gasteiger partial charge in [-0.3, -0.25) is 0 Å². The normalized spacial score (nSPS) is 10.5. The zero-order chi connectivity index (χ0) is 17.6. The molecule has 0 saturated carbocycles. The molecule has 2 aromatic carbocycles. The minimum Gasteiger partial charge on any atom is -0.337 e.